The summed E-state index contributed by atoms with van der Waals surface area (Å²) >= 11 is 0. The van der Waals surface area contributed by atoms with E-state index in [0.717, 1.165) is 56.6 Å². The number of amides is 1. The maximum atomic E-state index is 12.4. The van der Waals surface area contributed by atoms with Crippen LogP contribution in [0.1, 0.15) is 35.2 Å². The molecule has 0 radical (unpaired) electrons. The van der Waals surface area contributed by atoms with Gasteiger partial charge in [-0.2, -0.15) is 0 Å². The Morgan fingerprint density at radius 3 is 2.96 bits per heavy atom. The lowest BCUT2D eigenvalue weighted by Gasteiger charge is -2.08. The maximum Gasteiger partial charge on any atom is 0.252 e. The lowest BCUT2D eigenvalue weighted by molar-refractivity contribution is 0.0952. The summed E-state index contributed by atoms with van der Waals surface area (Å²) in [6.07, 6.45) is 7.58. The Hall–Kier alpha value is -2.73. The van der Waals surface area contributed by atoms with Gasteiger partial charge in [0.05, 0.1) is 11.9 Å². The average molecular weight is 378 g/mol. The number of benzene rings is 1. The first-order valence-corrected chi connectivity index (χ1v) is 10.0. The minimum absolute atomic E-state index is 0.0871. The van der Waals surface area contributed by atoms with Crippen LogP contribution in [0, 0.1) is 5.92 Å². The molecule has 3 heterocycles. The summed E-state index contributed by atoms with van der Waals surface area (Å²) < 4.78 is 7.42. The number of aromatic nitrogens is 3. The van der Waals surface area contributed by atoms with E-state index >= 15 is 0 Å². The molecular weight excluding hydrogens is 352 g/mol. The number of pyridine rings is 1. The van der Waals surface area contributed by atoms with Crippen molar-refractivity contribution in [2.24, 2.45) is 5.92 Å². The molecular formula is C22H26N4O2. The molecule has 1 saturated heterocycles. The molecule has 1 aromatic carbocycles. The SMILES string of the molecule is O=C(NCCCC1CCOC1)c1cnc2c(c1)ncn2CCc1ccccc1. The van der Waals surface area contributed by atoms with Crippen LogP contribution in [0.2, 0.25) is 0 Å². The normalized spacial score (nSPS) is 16.5. The van der Waals surface area contributed by atoms with Gasteiger partial charge in [0.1, 0.15) is 5.52 Å². The smallest absolute Gasteiger partial charge is 0.252 e. The third-order valence-electron chi connectivity index (χ3n) is 5.30. The Balaban J connectivity index is 1.32. The quantitative estimate of drug-likeness (QED) is 0.611. The van der Waals surface area contributed by atoms with Crippen molar-refractivity contribution < 1.29 is 9.53 Å². The van der Waals surface area contributed by atoms with Gasteiger partial charge in [-0.25, -0.2) is 9.97 Å². The fourth-order valence-corrected chi connectivity index (χ4v) is 3.64. The van der Waals surface area contributed by atoms with Gasteiger partial charge in [0.2, 0.25) is 0 Å². The van der Waals surface area contributed by atoms with Crippen molar-refractivity contribution in [1.29, 1.82) is 0 Å². The van der Waals surface area contributed by atoms with Gasteiger partial charge in [0.25, 0.3) is 5.91 Å². The Morgan fingerprint density at radius 2 is 2.14 bits per heavy atom. The molecule has 1 unspecified atom stereocenters. The fourth-order valence-electron chi connectivity index (χ4n) is 3.64. The van der Waals surface area contributed by atoms with Gasteiger partial charge in [0.15, 0.2) is 5.65 Å². The summed E-state index contributed by atoms with van der Waals surface area (Å²) in [6.45, 7) is 3.23. The van der Waals surface area contributed by atoms with E-state index in [2.05, 4.69) is 27.4 Å². The number of hydrogen-bond donors (Lipinski definition) is 1. The molecule has 1 atom stereocenters. The summed E-state index contributed by atoms with van der Waals surface area (Å²) in [7, 11) is 0. The standard InChI is InChI=1S/C22H26N4O2/c27-22(23-10-4-7-18-9-12-28-15-18)19-13-20-21(24-14-19)26(16-25-20)11-8-17-5-2-1-3-6-17/h1-3,5-6,13-14,16,18H,4,7-12,15H2,(H,23,27). The van der Waals surface area contributed by atoms with Crippen molar-refractivity contribution in [2.45, 2.75) is 32.2 Å². The lowest BCUT2D eigenvalue weighted by atomic mass is 10.0. The molecule has 1 amide bonds. The molecule has 0 bridgehead atoms. The molecule has 1 N–H and O–H groups in total. The number of carbonyl (C=O) groups is 1. The monoisotopic (exact) mass is 378 g/mol. The van der Waals surface area contributed by atoms with Gasteiger partial charge < -0.3 is 14.6 Å². The van der Waals surface area contributed by atoms with Gasteiger partial charge in [-0.3, -0.25) is 4.79 Å². The molecule has 1 aliphatic heterocycles. The summed E-state index contributed by atoms with van der Waals surface area (Å²) in [5.41, 5.74) is 3.41. The number of nitrogens with zero attached hydrogens (tertiary/aromatic N) is 3. The first kappa shape index (κ1) is 18.6. The van der Waals surface area contributed by atoms with Crippen LogP contribution in [0.3, 0.4) is 0 Å². The maximum absolute atomic E-state index is 12.4. The number of aryl methyl sites for hydroxylation is 2. The van der Waals surface area contributed by atoms with Crippen molar-refractivity contribution in [3.05, 3.63) is 60.0 Å². The van der Waals surface area contributed by atoms with Crippen LogP contribution in [-0.4, -0.2) is 40.2 Å². The summed E-state index contributed by atoms with van der Waals surface area (Å²) in [6, 6.07) is 12.2. The molecule has 3 aromatic rings. The minimum Gasteiger partial charge on any atom is -0.381 e. The number of imidazole rings is 1. The van der Waals surface area contributed by atoms with E-state index in [1.54, 1.807) is 12.5 Å². The highest BCUT2D eigenvalue weighted by molar-refractivity contribution is 5.96. The summed E-state index contributed by atoms with van der Waals surface area (Å²) in [5.74, 6) is 0.561. The van der Waals surface area contributed by atoms with E-state index in [4.69, 9.17) is 4.74 Å². The molecule has 0 spiro atoms. The molecule has 1 aliphatic rings. The van der Waals surface area contributed by atoms with Gasteiger partial charge in [-0.15, -0.1) is 0 Å². The highest BCUT2D eigenvalue weighted by Gasteiger charge is 2.15. The molecule has 6 heteroatoms. The zero-order valence-electron chi connectivity index (χ0n) is 16.0. The molecule has 146 valence electrons. The second-order valence-electron chi connectivity index (χ2n) is 7.37. The van der Waals surface area contributed by atoms with Gasteiger partial charge in [0, 0.05) is 32.5 Å². The minimum atomic E-state index is -0.0871. The predicted molar refractivity (Wildman–Crippen MR) is 108 cm³/mol. The van der Waals surface area contributed by atoms with Crippen molar-refractivity contribution in [2.75, 3.05) is 19.8 Å². The highest BCUT2D eigenvalue weighted by Crippen LogP contribution is 2.17. The summed E-state index contributed by atoms with van der Waals surface area (Å²) in [5, 5.41) is 2.99. The van der Waals surface area contributed by atoms with Crippen LogP contribution in [0.25, 0.3) is 11.2 Å². The van der Waals surface area contributed by atoms with Gasteiger partial charge in [-0.1, -0.05) is 30.3 Å². The van der Waals surface area contributed by atoms with Crippen molar-refractivity contribution in [1.82, 2.24) is 19.9 Å². The van der Waals surface area contributed by atoms with Crippen LogP contribution in [0.4, 0.5) is 0 Å². The third kappa shape index (κ3) is 4.57. The molecule has 4 rings (SSSR count). The van der Waals surface area contributed by atoms with Gasteiger partial charge in [-0.05, 0) is 43.2 Å². The molecule has 28 heavy (non-hydrogen) atoms. The Labute approximate surface area is 164 Å². The topological polar surface area (TPSA) is 69.0 Å². The number of hydrogen-bond acceptors (Lipinski definition) is 4. The lowest BCUT2D eigenvalue weighted by Crippen LogP contribution is -2.25. The first-order chi connectivity index (χ1) is 13.8. The Kier molecular flexibility index (Phi) is 5.97. The van der Waals surface area contributed by atoms with Crippen molar-refractivity contribution >= 4 is 17.1 Å². The number of rotatable bonds is 8. The van der Waals surface area contributed by atoms with E-state index in [9.17, 15) is 4.79 Å². The molecule has 0 aliphatic carbocycles. The molecule has 2 aromatic heterocycles. The zero-order chi connectivity index (χ0) is 19.2. The van der Waals surface area contributed by atoms with Crippen LogP contribution < -0.4 is 5.32 Å². The van der Waals surface area contributed by atoms with Crippen LogP contribution in [0.5, 0.6) is 0 Å². The first-order valence-electron chi connectivity index (χ1n) is 10.0. The van der Waals surface area contributed by atoms with Crippen molar-refractivity contribution in [3.63, 3.8) is 0 Å². The van der Waals surface area contributed by atoms with E-state index in [1.165, 1.54) is 5.56 Å². The Bertz CT molecular complexity index is 917. The zero-order valence-corrected chi connectivity index (χ0v) is 16.0. The molecule has 1 fully saturated rings. The highest BCUT2D eigenvalue weighted by atomic mass is 16.5. The molecule has 6 nitrogen and oxygen atoms in total. The number of nitrogens with one attached hydrogen (secondary N) is 1. The largest absolute Gasteiger partial charge is 0.381 e. The van der Waals surface area contributed by atoms with E-state index in [1.807, 2.05) is 28.8 Å². The second kappa shape index (κ2) is 8.97. The number of ether oxygens (including phenoxy) is 1. The molecule has 0 saturated carbocycles. The predicted octanol–water partition coefficient (Wildman–Crippen LogP) is 3.22. The average Bonchev–Trinajstić information content (AvgIpc) is 3.39. The fraction of sp³-hybridized carbons (Fsp3) is 0.409. The van der Waals surface area contributed by atoms with E-state index < -0.39 is 0 Å². The second-order valence-corrected chi connectivity index (χ2v) is 7.37. The number of carbonyl (C=O) groups excluding carboxylic acids is 1. The van der Waals surface area contributed by atoms with Gasteiger partial charge >= 0.3 is 0 Å². The van der Waals surface area contributed by atoms with E-state index in [-0.39, 0.29) is 5.91 Å². The van der Waals surface area contributed by atoms with Crippen LogP contribution in [-0.2, 0) is 17.7 Å². The van der Waals surface area contributed by atoms with Crippen molar-refractivity contribution in [3.8, 4) is 0 Å². The third-order valence-corrected chi connectivity index (χ3v) is 5.30. The van der Waals surface area contributed by atoms with Crippen LogP contribution in [0.15, 0.2) is 48.9 Å². The summed E-state index contributed by atoms with van der Waals surface area (Å²) in [4.78, 5) is 21.3. The van der Waals surface area contributed by atoms with E-state index in [0.29, 0.717) is 18.0 Å². The van der Waals surface area contributed by atoms with Crippen LogP contribution >= 0.6 is 0 Å². The Morgan fingerprint density at radius 1 is 1.25 bits per heavy atom. The number of fused-ring (bicyclic) bond motifs is 1.